The third kappa shape index (κ3) is 8.01. The molecule has 2 N–H and O–H groups in total. The molecule has 4 rings (SSSR count). The average molecular weight is 675 g/mol. The molecule has 4 aromatic rings. The van der Waals surface area contributed by atoms with Gasteiger partial charge in [0.15, 0.2) is 11.5 Å². The van der Waals surface area contributed by atoms with E-state index in [1.807, 2.05) is 51.1 Å². The largest absolute Gasteiger partial charge is 0.465 e. The van der Waals surface area contributed by atoms with Gasteiger partial charge >= 0.3 is 5.97 Å². The van der Waals surface area contributed by atoms with Crippen molar-refractivity contribution < 1.29 is 14.3 Å². The summed E-state index contributed by atoms with van der Waals surface area (Å²) in [6.45, 7) is 8.15. The van der Waals surface area contributed by atoms with Crippen molar-refractivity contribution in [3.05, 3.63) is 91.9 Å². The van der Waals surface area contributed by atoms with E-state index in [0.29, 0.717) is 24.5 Å². The van der Waals surface area contributed by atoms with Gasteiger partial charge in [-0.3, -0.25) is 19.5 Å². The molecule has 0 spiro atoms. The van der Waals surface area contributed by atoms with Gasteiger partial charge in [-0.1, -0.05) is 99.3 Å². The Morgan fingerprint density at radius 2 is 1.76 bits per heavy atom. The molecular weight excluding hydrogens is 637 g/mol. The van der Waals surface area contributed by atoms with E-state index >= 15 is 0 Å². The summed E-state index contributed by atoms with van der Waals surface area (Å²) in [5.74, 6) is -1.07. The van der Waals surface area contributed by atoms with Gasteiger partial charge in [0.2, 0.25) is 5.91 Å². The van der Waals surface area contributed by atoms with Gasteiger partial charge in [-0.15, -0.1) is 0 Å². The van der Waals surface area contributed by atoms with Crippen molar-refractivity contribution >= 4 is 52.5 Å². The first kappa shape index (κ1) is 34.3. The number of aromatic nitrogens is 4. The number of carbonyl (C=O) groups excluding carboxylic acids is 2. The summed E-state index contributed by atoms with van der Waals surface area (Å²) in [6.07, 6.45) is 5.95. The van der Waals surface area contributed by atoms with E-state index in [1.54, 1.807) is 12.3 Å². The third-order valence-electron chi connectivity index (χ3n) is 8.15. The Bertz CT molecular complexity index is 1650. The molecule has 1 amide bonds. The van der Waals surface area contributed by atoms with Gasteiger partial charge < -0.3 is 10.1 Å². The number of rotatable bonds is 14. The lowest BCUT2D eigenvalue weighted by molar-refractivity contribution is -0.150. The van der Waals surface area contributed by atoms with E-state index in [2.05, 4.69) is 22.4 Å². The van der Waals surface area contributed by atoms with E-state index in [9.17, 15) is 14.4 Å². The average Bonchev–Trinajstić information content (AvgIpc) is 3.64. The SMILES string of the molecule is CCCCOC(=O)C(CC(C)c1ccccc1)CC(C)(CC)C(=O)Nc1[nH]n(-c2c(Cl)cc(Cl)cc2Cl)c(=O)c1-n1cccn1. The molecule has 3 unspecified atom stereocenters. The Labute approximate surface area is 277 Å². The standard InChI is InChI=1S/C33H38Cl3N5O4/c1-5-7-16-45-31(43)23(17-21(3)22-12-9-8-10-13-22)20-33(4,6-2)32(44)38-29-28(40-15-11-14-37-40)30(42)41(39-29)27-25(35)18-24(34)19-26(27)36/h8-15,18-19,21,23,39H,5-7,16-17,20H2,1-4H3,(H,38,44). The summed E-state index contributed by atoms with van der Waals surface area (Å²) in [5.41, 5.74) is -0.214. The van der Waals surface area contributed by atoms with Crippen molar-refractivity contribution in [2.45, 2.75) is 65.7 Å². The molecule has 0 radical (unpaired) electrons. The van der Waals surface area contributed by atoms with E-state index in [4.69, 9.17) is 39.5 Å². The fourth-order valence-corrected chi connectivity index (χ4v) is 6.27. The lowest BCUT2D eigenvalue weighted by Crippen LogP contribution is -2.37. The number of nitrogens with zero attached hydrogens (tertiary/aromatic N) is 3. The molecule has 0 aliphatic rings. The van der Waals surface area contributed by atoms with Crippen LogP contribution in [0.3, 0.4) is 0 Å². The Morgan fingerprint density at radius 3 is 2.36 bits per heavy atom. The van der Waals surface area contributed by atoms with Crippen LogP contribution in [-0.2, 0) is 14.3 Å². The molecule has 0 aliphatic heterocycles. The number of carbonyl (C=O) groups is 2. The summed E-state index contributed by atoms with van der Waals surface area (Å²) < 4.78 is 8.16. The Balaban J connectivity index is 1.68. The Kier molecular flexibility index (Phi) is 11.6. The summed E-state index contributed by atoms with van der Waals surface area (Å²) in [5, 5.41) is 10.7. The van der Waals surface area contributed by atoms with Crippen LogP contribution in [0, 0.1) is 11.3 Å². The Morgan fingerprint density at radius 1 is 1.07 bits per heavy atom. The van der Waals surface area contributed by atoms with Crippen molar-refractivity contribution in [1.29, 1.82) is 0 Å². The highest BCUT2D eigenvalue weighted by Gasteiger charge is 2.39. The first-order valence-electron chi connectivity index (χ1n) is 15.0. The van der Waals surface area contributed by atoms with Crippen LogP contribution in [0.4, 0.5) is 5.82 Å². The minimum atomic E-state index is -0.999. The number of benzene rings is 2. The topological polar surface area (TPSA) is 111 Å². The molecule has 0 saturated carbocycles. The number of esters is 1. The molecule has 0 bridgehead atoms. The summed E-state index contributed by atoms with van der Waals surface area (Å²) in [7, 11) is 0. The minimum absolute atomic E-state index is 0.0575. The maximum atomic E-state index is 14.1. The van der Waals surface area contributed by atoms with Gasteiger partial charge in [0.1, 0.15) is 5.69 Å². The van der Waals surface area contributed by atoms with Gasteiger partial charge in [0.05, 0.1) is 22.6 Å². The highest BCUT2D eigenvalue weighted by Crippen LogP contribution is 2.37. The fourth-order valence-electron chi connectivity index (χ4n) is 5.28. The van der Waals surface area contributed by atoms with Gasteiger partial charge in [-0.2, -0.15) is 5.10 Å². The predicted octanol–water partition coefficient (Wildman–Crippen LogP) is 8.21. The molecule has 2 aromatic heterocycles. The second kappa shape index (κ2) is 15.2. The molecule has 3 atom stereocenters. The molecular formula is C33H38Cl3N5O4. The molecule has 9 nitrogen and oxygen atoms in total. The van der Waals surface area contributed by atoms with Crippen molar-refractivity contribution in [3.63, 3.8) is 0 Å². The maximum absolute atomic E-state index is 14.1. The molecule has 2 heterocycles. The zero-order chi connectivity index (χ0) is 32.7. The van der Waals surface area contributed by atoms with Crippen molar-refractivity contribution in [3.8, 4) is 11.4 Å². The number of halogens is 3. The van der Waals surface area contributed by atoms with E-state index in [1.165, 1.54) is 23.0 Å². The molecule has 0 saturated heterocycles. The van der Waals surface area contributed by atoms with Gasteiger partial charge in [-0.25, -0.2) is 9.36 Å². The van der Waals surface area contributed by atoms with Crippen LogP contribution in [0.5, 0.6) is 0 Å². The van der Waals surface area contributed by atoms with Crippen LogP contribution in [0.2, 0.25) is 15.1 Å². The number of ether oxygens (including phenoxy) is 1. The van der Waals surface area contributed by atoms with Gasteiger partial charge in [0.25, 0.3) is 5.56 Å². The van der Waals surface area contributed by atoms with E-state index in [0.717, 1.165) is 23.1 Å². The first-order valence-corrected chi connectivity index (χ1v) is 16.1. The maximum Gasteiger partial charge on any atom is 0.308 e. The van der Waals surface area contributed by atoms with Crippen LogP contribution in [0.15, 0.2) is 65.7 Å². The lowest BCUT2D eigenvalue weighted by Gasteiger charge is -2.31. The summed E-state index contributed by atoms with van der Waals surface area (Å²) >= 11 is 19.0. The smallest absolute Gasteiger partial charge is 0.308 e. The van der Waals surface area contributed by atoms with Crippen molar-refractivity contribution in [2.75, 3.05) is 11.9 Å². The number of aromatic amines is 1. The van der Waals surface area contributed by atoms with E-state index in [-0.39, 0.29) is 51.5 Å². The van der Waals surface area contributed by atoms with Crippen LogP contribution in [0.1, 0.15) is 71.3 Å². The number of unbranched alkanes of at least 4 members (excludes halogenated alkanes) is 1. The van der Waals surface area contributed by atoms with Crippen molar-refractivity contribution in [2.24, 2.45) is 11.3 Å². The molecule has 12 heteroatoms. The van der Waals surface area contributed by atoms with Crippen LogP contribution < -0.4 is 10.9 Å². The summed E-state index contributed by atoms with van der Waals surface area (Å²) in [6, 6.07) is 14.6. The molecule has 0 fully saturated rings. The number of nitrogens with one attached hydrogen (secondary N) is 2. The Hall–Kier alpha value is -3.53. The van der Waals surface area contributed by atoms with Crippen LogP contribution >= 0.6 is 34.8 Å². The molecule has 2 aromatic carbocycles. The molecule has 0 aliphatic carbocycles. The normalized spacial score (nSPS) is 14.0. The minimum Gasteiger partial charge on any atom is -0.465 e. The molecule has 240 valence electrons. The fraction of sp³-hybridized carbons (Fsp3) is 0.394. The predicted molar refractivity (Wildman–Crippen MR) is 179 cm³/mol. The second-order valence-electron chi connectivity index (χ2n) is 11.5. The number of amides is 1. The highest BCUT2D eigenvalue weighted by atomic mass is 35.5. The number of H-pyrrole nitrogens is 1. The second-order valence-corrected chi connectivity index (χ2v) is 12.7. The lowest BCUT2D eigenvalue weighted by atomic mass is 9.75. The van der Waals surface area contributed by atoms with E-state index < -0.39 is 16.9 Å². The number of anilines is 1. The van der Waals surface area contributed by atoms with Crippen LogP contribution in [0.25, 0.3) is 11.4 Å². The quantitative estimate of drug-likeness (QED) is 0.103. The monoisotopic (exact) mass is 673 g/mol. The zero-order valence-corrected chi connectivity index (χ0v) is 28.0. The zero-order valence-electron chi connectivity index (χ0n) is 25.8. The van der Waals surface area contributed by atoms with Crippen molar-refractivity contribution in [1.82, 2.24) is 19.6 Å². The summed E-state index contributed by atoms with van der Waals surface area (Å²) in [4.78, 5) is 41.2. The number of hydrogen-bond donors (Lipinski definition) is 2. The first-order chi connectivity index (χ1) is 21.5. The molecule has 45 heavy (non-hydrogen) atoms. The van der Waals surface area contributed by atoms with Gasteiger partial charge in [-0.05, 0) is 55.4 Å². The van der Waals surface area contributed by atoms with Gasteiger partial charge in [0, 0.05) is 22.8 Å². The van der Waals surface area contributed by atoms with Crippen LogP contribution in [-0.4, -0.2) is 38.0 Å². The highest BCUT2D eigenvalue weighted by molar-refractivity contribution is 6.40. The third-order valence-corrected chi connectivity index (χ3v) is 8.95. The number of hydrogen-bond acceptors (Lipinski definition) is 5.